The Kier molecular flexibility index (Phi) is 7.49. The van der Waals surface area contributed by atoms with Gasteiger partial charge in [-0.05, 0) is 24.0 Å². The van der Waals surface area contributed by atoms with E-state index in [4.69, 9.17) is 4.52 Å². The standard InChI is InChI=1S/C21H27O2P/c1-3-21(4-2)23-24(22,18-20-14-9-6-10-15-20)17-11-16-19-12-7-5-8-13-19/h5-16,21H,3-4,17-18H2,1-2H3/b16-11+/t24-/m1/s1. The first-order valence-electron chi connectivity index (χ1n) is 8.67. The zero-order valence-electron chi connectivity index (χ0n) is 14.6. The summed E-state index contributed by atoms with van der Waals surface area (Å²) in [6.07, 6.45) is 6.80. The van der Waals surface area contributed by atoms with Gasteiger partial charge in [-0.3, -0.25) is 4.57 Å². The molecular formula is C21H27O2P. The fraction of sp³-hybridized carbons (Fsp3) is 0.333. The summed E-state index contributed by atoms with van der Waals surface area (Å²) in [5.74, 6) is 0. The van der Waals surface area contributed by atoms with Crippen molar-refractivity contribution in [1.29, 1.82) is 0 Å². The Morgan fingerprint density at radius 1 is 0.958 bits per heavy atom. The van der Waals surface area contributed by atoms with E-state index in [0.717, 1.165) is 24.0 Å². The van der Waals surface area contributed by atoms with Gasteiger partial charge in [0.2, 0.25) is 7.37 Å². The summed E-state index contributed by atoms with van der Waals surface area (Å²) in [5.41, 5.74) is 2.19. The summed E-state index contributed by atoms with van der Waals surface area (Å²) in [6.45, 7) is 4.17. The molecule has 0 aromatic heterocycles. The lowest BCUT2D eigenvalue weighted by Crippen LogP contribution is -2.11. The minimum atomic E-state index is -2.75. The first kappa shape index (κ1) is 18.7. The Labute approximate surface area is 146 Å². The third-order valence-corrected chi connectivity index (χ3v) is 6.31. The summed E-state index contributed by atoms with van der Waals surface area (Å²) >= 11 is 0. The second-order valence-corrected chi connectivity index (χ2v) is 8.52. The lowest BCUT2D eigenvalue weighted by Gasteiger charge is -2.23. The first-order valence-corrected chi connectivity index (χ1v) is 10.7. The number of rotatable bonds is 9. The average molecular weight is 342 g/mol. The van der Waals surface area contributed by atoms with Crippen molar-refractivity contribution >= 4 is 13.4 Å². The fourth-order valence-corrected chi connectivity index (χ4v) is 4.95. The van der Waals surface area contributed by atoms with Gasteiger partial charge in [-0.1, -0.05) is 86.7 Å². The molecule has 0 aliphatic rings. The molecule has 128 valence electrons. The molecular weight excluding hydrogens is 315 g/mol. The Balaban J connectivity index is 2.12. The van der Waals surface area contributed by atoms with Crippen molar-refractivity contribution in [2.75, 3.05) is 6.16 Å². The van der Waals surface area contributed by atoms with E-state index < -0.39 is 7.37 Å². The molecule has 3 heteroatoms. The zero-order chi connectivity index (χ0) is 17.3. The largest absolute Gasteiger partial charge is 0.325 e. The third kappa shape index (κ3) is 6.11. The van der Waals surface area contributed by atoms with Crippen molar-refractivity contribution in [3.8, 4) is 0 Å². The molecule has 1 atom stereocenters. The minimum absolute atomic E-state index is 0.0599. The van der Waals surface area contributed by atoms with Crippen LogP contribution in [0.4, 0.5) is 0 Å². The molecule has 0 saturated heterocycles. The van der Waals surface area contributed by atoms with E-state index >= 15 is 0 Å². The highest BCUT2D eigenvalue weighted by Crippen LogP contribution is 2.52. The van der Waals surface area contributed by atoms with Crippen LogP contribution in [0.3, 0.4) is 0 Å². The molecule has 0 saturated carbocycles. The van der Waals surface area contributed by atoms with Gasteiger partial charge < -0.3 is 4.52 Å². The van der Waals surface area contributed by atoms with Gasteiger partial charge in [0.25, 0.3) is 0 Å². The Bertz CT molecular complexity index is 661. The van der Waals surface area contributed by atoms with Crippen molar-refractivity contribution in [3.63, 3.8) is 0 Å². The van der Waals surface area contributed by atoms with Gasteiger partial charge in [-0.15, -0.1) is 0 Å². The van der Waals surface area contributed by atoms with Crippen molar-refractivity contribution in [2.24, 2.45) is 0 Å². The highest BCUT2D eigenvalue weighted by molar-refractivity contribution is 7.58. The highest BCUT2D eigenvalue weighted by atomic mass is 31.2. The van der Waals surface area contributed by atoms with Crippen molar-refractivity contribution in [1.82, 2.24) is 0 Å². The molecule has 2 aromatic carbocycles. The van der Waals surface area contributed by atoms with Crippen LogP contribution in [0.1, 0.15) is 37.8 Å². The topological polar surface area (TPSA) is 26.3 Å². The van der Waals surface area contributed by atoms with Crippen LogP contribution in [0.2, 0.25) is 0 Å². The fourth-order valence-electron chi connectivity index (χ4n) is 2.63. The van der Waals surface area contributed by atoms with Crippen molar-refractivity contribution in [3.05, 3.63) is 77.9 Å². The molecule has 0 N–H and O–H groups in total. The van der Waals surface area contributed by atoms with Crippen LogP contribution < -0.4 is 0 Å². The first-order chi connectivity index (χ1) is 11.6. The van der Waals surface area contributed by atoms with E-state index in [-0.39, 0.29) is 6.10 Å². The Hall–Kier alpha value is -1.63. The third-order valence-electron chi connectivity index (χ3n) is 4.01. The van der Waals surface area contributed by atoms with Crippen LogP contribution in [0.15, 0.2) is 66.7 Å². The molecule has 2 rings (SSSR count). The van der Waals surface area contributed by atoms with Crippen molar-refractivity contribution in [2.45, 2.75) is 39.0 Å². The summed E-state index contributed by atoms with van der Waals surface area (Å²) < 4.78 is 19.5. The molecule has 0 aliphatic heterocycles. The summed E-state index contributed by atoms with van der Waals surface area (Å²) in [5, 5.41) is 0. The van der Waals surface area contributed by atoms with Crippen LogP contribution in [-0.4, -0.2) is 12.3 Å². The van der Waals surface area contributed by atoms with Gasteiger partial charge in [0.15, 0.2) is 0 Å². The van der Waals surface area contributed by atoms with Gasteiger partial charge in [-0.25, -0.2) is 0 Å². The normalized spacial score (nSPS) is 14.1. The molecule has 0 radical (unpaired) electrons. The molecule has 0 aliphatic carbocycles. The van der Waals surface area contributed by atoms with E-state index in [9.17, 15) is 4.57 Å². The molecule has 0 fully saturated rings. The lowest BCUT2D eigenvalue weighted by molar-refractivity contribution is 0.195. The predicted molar refractivity (Wildman–Crippen MR) is 104 cm³/mol. The number of allylic oxidation sites excluding steroid dienone is 1. The van der Waals surface area contributed by atoms with Gasteiger partial charge in [-0.2, -0.15) is 0 Å². The van der Waals surface area contributed by atoms with Crippen LogP contribution in [0.25, 0.3) is 6.08 Å². The summed E-state index contributed by atoms with van der Waals surface area (Å²) in [7, 11) is -2.75. The highest BCUT2D eigenvalue weighted by Gasteiger charge is 2.25. The average Bonchev–Trinajstić information content (AvgIpc) is 2.61. The van der Waals surface area contributed by atoms with Crippen LogP contribution >= 0.6 is 7.37 Å². The smallest absolute Gasteiger partial charge is 0.211 e. The minimum Gasteiger partial charge on any atom is -0.325 e. The van der Waals surface area contributed by atoms with E-state index in [1.54, 1.807) is 0 Å². The van der Waals surface area contributed by atoms with Crippen LogP contribution in [0.5, 0.6) is 0 Å². The Morgan fingerprint density at radius 3 is 2.12 bits per heavy atom. The van der Waals surface area contributed by atoms with Crippen molar-refractivity contribution < 1.29 is 9.09 Å². The number of benzene rings is 2. The van der Waals surface area contributed by atoms with E-state index in [0.29, 0.717) is 12.3 Å². The van der Waals surface area contributed by atoms with Gasteiger partial charge in [0, 0.05) is 6.16 Å². The van der Waals surface area contributed by atoms with Crippen LogP contribution in [0, 0.1) is 0 Å². The maximum absolute atomic E-state index is 13.4. The quantitative estimate of drug-likeness (QED) is 0.494. The summed E-state index contributed by atoms with van der Waals surface area (Å²) in [4.78, 5) is 0. The van der Waals surface area contributed by atoms with E-state index in [1.807, 2.05) is 72.8 Å². The predicted octanol–water partition coefficient (Wildman–Crippen LogP) is 6.38. The van der Waals surface area contributed by atoms with Gasteiger partial charge >= 0.3 is 0 Å². The second kappa shape index (κ2) is 9.61. The maximum atomic E-state index is 13.4. The zero-order valence-corrected chi connectivity index (χ0v) is 15.5. The summed E-state index contributed by atoms with van der Waals surface area (Å²) in [6, 6.07) is 20.1. The van der Waals surface area contributed by atoms with Gasteiger partial charge in [0.05, 0.1) is 12.3 Å². The van der Waals surface area contributed by atoms with E-state index in [1.165, 1.54) is 0 Å². The number of hydrogen-bond acceptors (Lipinski definition) is 2. The molecule has 2 nitrogen and oxygen atoms in total. The monoisotopic (exact) mass is 342 g/mol. The lowest BCUT2D eigenvalue weighted by atomic mass is 10.2. The van der Waals surface area contributed by atoms with Crippen LogP contribution in [-0.2, 0) is 15.3 Å². The van der Waals surface area contributed by atoms with Gasteiger partial charge in [0.1, 0.15) is 0 Å². The SMILES string of the molecule is CCC(CC)O[P@](=O)(C/C=C/c1ccccc1)Cc1ccccc1. The Morgan fingerprint density at radius 2 is 1.54 bits per heavy atom. The molecule has 0 heterocycles. The molecule has 0 amide bonds. The maximum Gasteiger partial charge on any atom is 0.211 e. The molecule has 2 aromatic rings. The molecule has 0 spiro atoms. The molecule has 24 heavy (non-hydrogen) atoms. The molecule has 0 bridgehead atoms. The second-order valence-electron chi connectivity index (χ2n) is 6.00. The van der Waals surface area contributed by atoms with E-state index in [2.05, 4.69) is 13.8 Å². The number of hydrogen-bond donors (Lipinski definition) is 0. The molecule has 0 unspecified atom stereocenters.